The second-order valence-electron chi connectivity index (χ2n) is 6.06. The average Bonchev–Trinajstić information content (AvgIpc) is 2.83. The fourth-order valence-corrected chi connectivity index (χ4v) is 3.78. The Morgan fingerprint density at radius 3 is 2.53 bits per heavy atom. The number of benzene rings is 1. The minimum Gasteiger partial charge on any atom is -0.496 e. The standard InChI is InChI=1S/C16H23NO2/c1-11-14(18-2)5-4-13(15(11)19-3)12-6-7-16(8-12)9-17-10-16/h4-5,12,17H,6-10H2,1-3H3. The van der Waals surface area contributed by atoms with Crippen molar-refractivity contribution in [3.05, 3.63) is 23.3 Å². The zero-order valence-electron chi connectivity index (χ0n) is 12.1. The predicted molar refractivity (Wildman–Crippen MR) is 76.2 cm³/mol. The Balaban J connectivity index is 1.90. The van der Waals surface area contributed by atoms with Crippen LogP contribution in [0.1, 0.15) is 36.3 Å². The van der Waals surface area contributed by atoms with Gasteiger partial charge >= 0.3 is 0 Å². The summed E-state index contributed by atoms with van der Waals surface area (Å²) >= 11 is 0. The number of methoxy groups -OCH3 is 2. The molecule has 19 heavy (non-hydrogen) atoms. The molecular formula is C16H23NO2. The van der Waals surface area contributed by atoms with Crippen molar-refractivity contribution in [2.75, 3.05) is 27.3 Å². The highest BCUT2D eigenvalue weighted by molar-refractivity contribution is 5.51. The average molecular weight is 261 g/mol. The Bertz CT molecular complexity index is 480. The monoisotopic (exact) mass is 261 g/mol. The first-order valence-electron chi connectivity index (χ1n) is 7.11. The largest absolute Gasteiger partial charge is 0.496 e. The van der Waals surface area contributed by atoms with E-state index in [0.29, 0.717) is 11.3 Å². The highest BCUT2D eigenvalue weighted by Gasteiger charge is 2.44. The van der Waals surface area contributed by atoms with Gasteiger partial charge in [-0.15, -0.1) is 0 Å². The first-order chi connectivity index (χ1) is 9.19. The van der Waals surface area contributed by atoms with E-state index in [1.807, 2.05) is 0 Å². The first kappa shape index (κ1) is 12.8. The van der Waals surface area contributed by atoms with Crippen molar-refractivity contribution in [1.82, 2.24) is 5.32 Å². The molecule has 2 aliphatic rings. The summed E-state index contributed by atoms with van der Waals surface area (Å²) in [5, 5.41) is 3.42. The van der Waals surface area contributed by atoms with Gasteiger partial charge in [-0.25, -0.2) is 0 Å². The van der Waals surface area contributed by atoms with Crippen LogP contribution in [-0.2, 0) is 0 Å². The van der Waals surface area contributed by atoms with Crippen LogP contribution >= 0.6 is 0 Å². The van der Waals surface area contributed by atoms with E-state index in [-0.39, 0.29) is 0 Å². The summed E-state index contributed by atoms with van der Waals surface area (Å²) in [6.45, 7) is 4.47. The van der Waals surface area contributed by atoms with Gasteiger partial charge in [-0.2, -0.15) is 0 Å². The van der Waals surface area contributed by atoms with Crippen molar-refractivity contribution in [1.29, 1.82) is 0 Å². The molecule has 0 aromatic heterocycles. The molecule has 0 amide bonds. The zero-order chi connectivity index (χ0) is 13.5. The van der Waals surface area contributed by atoms with E-state index in [4.69, 9.17) is 9.47 Å². The van der Waals surface area contributed by atoms with E-state index >= 15 is 0 Å². The number of hydrogen-bond acceptors (Lipinski definition) is 3. The quantitative estimate of drug-likeness (QED) is 0.907. The van der Waals surface area contributed by atoms with Gasteiger partial charge in [0.25, 0.3) is 0 Å². The summed E-state index contributed by atoms with van der Waals surface area (Å²) in [5.41, 5.74) is 3.06. The van der Waals surface area contributed by atoms with Crippen LogP contribution in [0.25, 0.3) is 0 Å². The van der Waals surface area contributed by atoms with Gasteiger partial charge in [0.1, 0.15) is 11.5 Å². The van der Waals surface area contributed by atoms with E-state index < -0.39 is 0 Å². The van der Waals surface area contributed by atoms with Gasteiger partial charge in [0.05, 0.1) is 14.2 Å². The van der Waals surface area contributed by atoms with Gasteiger partial charge in [0, 0.05) is 18.7 Å². The van der Waals surface area contributed by atoms with Crippen molar-refractivity contribution in [3.63, 3.8) is 0 Å². The van der Waals surface area contributed by atoms with Crippen molar-refractivity contribution >= 4 is 0 Å². The van der Waals surface area contributed by atoms with Crippen molar-refractivity contribution in [2.24, 2.45) is 5.41 Å². The summed E-state index contributed by atoms with van der Waals surface area (Å²) in [6.07, 6.45) is 3.92. The van der Waals surface area contributed by atoms with Crippen molar-refractivity contribution in [3.8, 4) is 11.5 Å². The molecule has 3 nitrogen and oxygen atoms in total. The summed E-state index contributed by atoms with van der Waals surface area (Å²) < 4.78 is 11.0. The molecule has 104 valence electrons. The summed E-state index contributed by atoms with van der Waals surface area (Å²) in [4.78, 5) is 0. The highest BCUT2D eigenvalue weighted by Crippen LogP contribution is 2.51. The van der Waals surface area contributed by atoms with Gasteiger partial charge in [0.15, 0.2) is 0 Å². The Hall–Kier alpha value is -1.22. The maximum Gasteiger partial charge on any atom is 0.128 e. The van der Waals surface area contributed by atoms with Crippen LogP contribution in [0.4, 0.5) is 0 Å². The second kappa shape index (κ2) is 4.71. The number of hydrogen-bond donors (Lipinski definition) is 1. The second-order valence-corrected chi connectivity index (χ2v) is 6.06. The van der Waals surface area contributed by atoms with Gasteiger partial charge in [-0.3, -0.25) is 0 Å². The Labute approximate surface area is 115 Å². The number of nitrogens with one attached hydrogen (secondary N) is 1. The lowest BCUT2D eigenvalue weighted by Gasteiger charge is -2.39. The van der Waals surface area contributed by atoms with E-state index in [1.54, 1.807) is 14.2 Å². The molecule has 0 bridgehead atoms. The topological polar surface area (TPSA) is 30.5 Å². The Morgan fingerprint density at radius 1 is 1.21 bits per heavy atom. The summed E-state index contributed by atoms with van der Waals surface area (Å²) in [5.74, 6) is 2.58. The van der Waals surface area contributed by atoms with Crippen LogP contribution < -0.4 is 14.8 Å². The maximum absolute atomic E-state index is 5.66. The molecule has 1 saturated heterocycles. The lowest BCUT2D eigenvalue weighted by Crippen LogP contribution is -2.51. The molecule has 1 atom stereocenters. The molecule has 1 aliphatic carbocycles. The Morgan fingerprint density at radius 2 is 2.00 bits per heavy atom. The van der Waals surface area contributed by atoms with Crippen LogP contribution in [0.5, 0.6) is 11.5 Å². The van der Waals surface area contributed by atoms with Gasteiger partial charge < -0.3 is 14.8 Å². The molecule has 0 radical (unpaired) electrons. The van der Waals surface area contributed by atoms with Gasteiger partial charge in [-0.05, 0) is 49.1 Å². The molecule has 2 fully saturated rings. The molecule has 1 heterocycles. The first-order valence-corrected chi connectivity index (χ1v) is 7.11. The molecular weight excluding hydrogens is 238 g/mol. The minimum absolute atomic E-state index is 0.573. The third-order valence-corrected chi connectivity index (χ3v) is 4.95. The molecule has 3 rings (SSSR count). The lowest BCUT2D eigenvalue weighted by atomic mass is 9.78. The molecule has 3 heteroatoms. The Kier molecular flexibility index (Phi) is 3.17. The minimum atomic E-state index is 0.573. The number of ether oxygens (including phenoxy) is 2. The molecule has 1 aliphatic heterocycles. The molecule has 1 N–H and O–H groups in total. The molecule has 1 spiro atoms. The van der Waals surface area contributed by atoms with Crippen LogP contribution in [-0.4, -0.2) is 27.3 Å². The van der Waals surface area contributed by atoms with E-state index in [1.165, 1.54) is 37.9 Å². The van der Waals surface area contributed by atoms with Gasteiger partial charge in [0.2, 0.25) is 0 Å². The maximum atomic E-state index is 5.66. The fraction of sp³-hybridized carbons (Fsp3) is 0.625. The van der Waals surface area contributed by atoms with Crippen LogP contribution in [0, 0.1) is 12.3 Å². The van der Waals surface area contributed by atoms with Crippen LogP contribution in [0.15, 0.2) is 12.1 Å². The molecule has 1 unspecified atom stereocenters. The van der Waals surface area contributed by atoms with Crippen LogP contribution in [0.3, 0.4) is 0 Å². The van der Waals surface area contributed by atoms with E-state index in [0.717, 1.165) is 17.1 Å². The number of rotatable bonds is 3. The molecule has 1 aromatic rings. The smallest absolute Gasteiger partial charge is 0.128 e. The third kappa shape index (κ3) is 2.00. The van der Waals surface area contributed by atoms with Crippen molar-refractivity contribution in [2.45, 2.75) is 32.1 Å². The highest BCUT2D eigenvalue weighted by atomic mass is 16.5. The van der Waals surface area contributed by atoms with E-state index in [2.05, 4.69) is 24.4 Å². The lowest BCUT2D eigenvalue weighted by molar-refractivity contribution is 0.175. The van der Waals surface area contributed by atoms with Gasteiger partial charge in [-0.1, -0.05) is 6.07 Å². The summed E-state index contributed by atoms with van der Waals surface area (Å²) in [6, 6.07) is 4.28. The SMILES string of the molecule is COc1ccc(C2CCC3(CNC3)C2)c(OC)c1C. The van der Waals surface area contributed by atoms with E-state index in [9.17, 15) is 0 Å². The summed E-state index contributed by atoms with van der Waals surface area (Å²) in [7, 11) is 3.48. The normalized spacial score (nSPS) is 24.3. The fourth-order valence-electron chi connectivity index (χ4n) is 3.78. The third-order valence-electron chi connectivity index (χ3n) is 4.95. The molecule has 1 aromatic carbocycles. The predicted octanol–water partition coefficient (Wildman–Crippen LogP) is 2.87. The molecule has 1 saturated carbocycles. The van der Waals surface area contributed by atoms with Crippen molar-refractivity contribution < 1.29 is 9.47 Å². The zero-order valence-corrected chi connectivity index (χ0v) is 12.1. The van der Waals surface area contributed by atoms with Crippen LogP contribution in [0.2, 0.25) is 0 Å².